The molecule has 0 aliphatic carbocycles. The molecule has 1 aromatic carbocycles. The normalized spacial score (nSPS) is 13.7. The SMILES string of the molecule is Cc1ccccc1CCNS(=O)(=O)C(C)CNC(C)C. The van der Waals surface area contributed by atoms with Gasteiger partial charge < -0.3 is 5.32 Å². The van der Waals surface area contributed by atoms with Gasteiger partial charge in [0.05, 0.1) is 5.25 Å². The number of hydrogen-bond donors (Lipinski definition) is 2. The topological polar surface area (TPSA) is 58.2 Å². The lowest BCUT2D eigenvalue weighted by molar-refractivity contribution is 0.541. The highest BCUT2D eigenvalue weighted by Crippen LogP contribution is 2.07. The van der Waals surface area contributed by atoms with Crippen LogP contribution in [0.5, 0.6) is 0 Å². The van der Waals surface area contributed by atoms with E-state index < -0.39 is 15.3 Å². The molecule has 1 aromatic rings. The highest BCUT2D eigenvalue weighted by Gasteiger charge is 2.19. The van der Waals surface area contributed by atoms with Crippen LogP contribution in [0.2, 0.25) is 0 Å². The number of benzene rings is 1. The second kappa shape index (κ2) is 7.76. The van der Waals surface area contributed by atoms with Gasteiger partial charge in [-0.1, -0.05) is 38.1 Å². The Morgan fingerprint density at radius 3 is 2.40 bits per heavy atom. The molecule has 0 fully saturated rings. The molecule has 0 radical (unpaired) electrons. The van der Waals surface area contributed by atoms with Crippen molar-refractivity contribution in [1.29, 1.82) is 0 Å². The maximum absolute atomic E-state index is 12.1. The first-order valence-corrected chi connectivity index (χ1v) is 8.64. The Morgan fingerprint density at radius 1 is 1.15 bits per heavy atom. The lowest BCUT2D eigenvalue weighted by Gasteiger charge is -2.16. The van der Waals surface area contributed by atoms with Gasteiger partial charge in [-0.05, 0) is 31.4 Å². The molecule has 2 N–H and O–H groups in total. The van der Waals surface area contributed by atoms with Crippen LogP contribution in [0.1, 0.15) is 31.9 Å². The molecule has 1 unspecified atom stereocenters. The van der Waals surface area contributed by atoms with Crippen molar-refractivity contribution in [1.82, 2.24) is 10.0 Å². The summed E-state index contributed by atoms with van der Waals surface area (Å²) < 4.78 is 26.8. The molecule has 0 saturated heterocycles. The molecule has 0 heterocycles. The lowest BCUT2D eigenvalue weighted by Crippen LogP contribution is -2.41. The first-order valence-electron chi connectivity index (χ1n) is 7.09. The summed E-state index contributed by atoms with van der Waals surface area (Å²) in [6.07, 6.45) is 0.718. The van der Waals surface area contributed by atoms with Crippen LogP contribution in [-0.2, 0) is 16.4 Å². The van der Waals surface area contributed by atoms with E-state index >= 15 is 0 Å². The Hall–Kier alpha value is -0.910. The highest BCUT2D eigenvalue weighted by molar-refractivity contribution is 7.90. The molecule has 20 heavy (non-hydrogen) atoms. The minimum Gasteiger partial charge on any atom is -0.313 e. The quantitative estimate of drug-likeness (QED) is 0.770. The van der Waals surface area contributed by atoms with Crippen LogP contribution < -0.4 is 10.0 Å². The van der Waals surface area contributed by atoms with Gasteiger partial charge in [0, 0.05) is 19.1 Å². The van der Waals surface area contributed by atoms with E-state index in [-0.39, 0.29) is 0 Å². The standard InChI is InChI=1S/C15H26N2O2S/c1-12(2)16-11-14(4)20(18,19)17-10-9-15-8-6-5-7-13(15)3/h5-8,12,14,16-17H,9-11H2,1-4H3. The van der Waals surface area contributed by atoms with E-state index in [2.05, 4.69) is 10.0 Å². The van der Waals surface area contributed by atoms with Crippen molar-refractivity contribution in [2.75, 3.05) is 13.1 Å². The van der Waals surface area contributed by atoms with E-state index in [9.17, 15) is 8.42 Å². The third kappa shape index (κ3) is 5.61. The second-order valence-corrected chi connectivity index (χ2v) is 7.67. The Bertz CT molecular complexity index is 512. The van der Waals surface area contributed by atoms with Crippen LogP contribution in [0.3, 0.4) is 0 Å². The summed E-state index contributed by atoms with van der Waals surface area (Å²) >= 11 is 0. The summed E-state index contributed by atoms with van der Waals surface area (Å²) in [6, 6.07) is 8.33. The van der Waals surface area contributed by atoms with Crippen molar-refractivity contribution >= 4 is 10.0 Å². The average Bonchev–Trinajstić information content (AvgIpc) is 2.38. The second-order valence-electron chi connectivity index (χ2n) is 5.49. The molecule has 114 valence electrons. The summed E-state index contributed by atoms with van der Waals surface area (Å²) in [5.41, 5.74) is 2.38. The molecule has 0 aliphatic heterocycles. The van der Waals surface area contributed by atoms with E-state index in [1.165, 1.54) is 11.1 Å². The van der Waals surface area contributed by atoms with E-state index in [4.69, 9.17) is 0 Å². The summed E-state index contributed by atoms with van der Waals surface area (Å²) in [6.45, 7) is 8.69. The van der Waals surface area contributed by atoms with Crippen LogP contribution in [0.15, 0.2) is 24.3 Å². The largest absolute Gasteiger partial charge is 0.313 e. The summed E-state index contributed by atoms with van der Waals surface area (Å²) in [5.74, 6) is 0. The third-order valence-electron chi connectivity index (χ3n) is 3.30. The summed E-state index contributed by atoms with van der Waals surface area (Å²) in [5, 5.41) is 2.72. The first-order chi connectivity index (χ1) is 9.33. The zero-order valence-electron chi connectivity index (χ0n) is 12.8. The van der Waals surface area contributed by atoms with Crippen LogP contribution in [0.25, 0.3) is 0 Å². The molecule has 0 aromatic heterocycles. The summed E-state index contributed by atoms with van der Waals surface area (Å²) in [7, 11) is -3.25. The van der Waals surface area contributed by atoms with Crippen molar-refractivity contribution in [3.05, 3.63) is 35.4 Å². The predicted octanol–water partition coefficient (Wildman–Crippen LogP) is 1.84. The number of hydrogen-bond acceptors (Lipinski definition) is 3. The van der Waals surface area contributed by atoms with E-state index in [1.54, 1.807) is 6.92 Å². The molecular formula is C15H26N2O2S. The molecule has 0 spiro atoms. The van der Waals surface area contributed by atoms with Crippen molar-refractivity contribution in [3.8, 4) is 0 Å². The molecule has 0 bridgehead atoms. The first kappa shape index (κ1) is 17.1. The zero-order valence-corrected chi connectivity index (χ0v) is 13.6. The predicted molar refractivity (Wildman–Crippen MR) is 84.4 cm³/mol. The van der Waals surface area contributed by atoms with Crippen LogP contribution >= 0.6 is 0 Å². The Balaban J connectivity index is 2.45. The van der Waals surface area contributed by atoms with Crippen LogP contribution in [-0.4, -0.2) is 32.8 Å². The van der Waals surface area contributed by atoms with Crippen molar-refractivity contribution in [3.63, 3.8) is 0 Å². The van der Waals surface area contributed by atoms with Crippen LogP contribution in [0.4, 0.5) is 0 Å². The minimum absolute atomic E-state index is 0.291. The number of aryl methyl sites for hydroxylation is 1. The van der Waals surface area contributed by atoms with Gasteiger partial charge in [0.2, 0.25) is 10.0 Å². The van der Waals surface area contributed by atoms with Gasteiger partial charge in [-0.3, -0.25) is 0 Å². The molecule has 0 saturated carbocycles. The van der Waals surface area contributed by atoms with Crippen molar-refractivity contribution in [2.45, 2.75) is 45.4 Å². The smallest absolute Gasteiger partial charge is 0.215 e. The fraction of sp³-hybridized carbons (Fsp3) is 0.600. The van der Waals surface area contributed by atoms with Gasteiger partial charge in [-0.15, -0.1) is 0 Å². The summed E-state index contributed by atoms with van der Waals surface area (Å²) in [4.78, 5) is 0. The van der Waals surface area contributed by atoms with E-state index in [0.717, 1.165) is 6.42 Å². The Labute approximate surface area is 123 Å². The Kier molecular flexibility index (Phi) is 6.65. The number of sulfonamides is 1. The van der Waals surface area contributed by atoms with E-state index in [1.807, 2.05) is 45.0 Å². The fourth-order valence-electron chi connectivity index (χ4n) is 1.87. The minimum atomic E-state index is -3.25. The van der Waals surface area contributed by atoms with Gasteiger partial charge in [0.15, 0.2) is 0 Å². The average molecular weight is 298 g/mol. The van der Waals surface area contributed by atoms with Crippen molar-refractivity contribution < 1.29 is 8.42 Å². The highest BCUT2D eigenvalue weighted by atomic mass is 32.2. The van der Waals surface area contributed by atoms with Gasteiger partial charge in [-0.25, -0.2) is 13.1 Å². The monoisotopic (exact) mass is 298 g/mol. The number of nitrogens with one attached hydrogen (secondary N) is 2. The molecule has 0 aliphatic rings. The molecule has 0 amide bonds. The lowest BCUT2D eigenvalue weighted by atomic mass is 10.1. The van der Waals surface area contributed by atoms with Crippen LogP contribution in [0, 0.1) is 6.92 Å². The molecular weight excluding hydrogens is 272 g/mol. The molecule has 1 rings (SSSR count). The van der Waals surface area contributed by atoms with E-state index in [0.29, 0.717) is 19.1 Å². The zero-order chi connectivity index (χ0) is 15.2. The van der Waals surface area contributed by atoms with Crippen molar-refractivity contribution in [2.24, 2.45) is 0 Å². The maximum atomic E-state index is 12.1. The fourth-order valence-corrected chi connectivity index (χ4v) is 2.86. The maximum Gasteiger partial charge on any atom is 0.215 e. The van der Waals surface area contributed by atoms with Gasteiger partial charge in [0.25, 0.3) is 0 Å². The number of rotatable bonds is 8. The molecule has 4 nitrogen and oxygen atoms in total. The van der Waals surface area contributed by atoms with Gasteiger partial charge in [0.1, 0.15) is 0 Å². The van der Waals surface area contributed by atoms with Gasteiger partial charge >= 0.3 is 0 Å². The molecule has 5 heteroatoms. The third-order valence-corrected chi connectivity index (χ3v) is 5.13. The molecule has 1 atom stereocenters. The van der Waals surface area contributed by atoms with Gasteiger partial charge in [-0.2, -0.15) is 0 Å². The Morgan fingerprint density at radius 2 is 1.80 bits per heavy atom.